The maximum absolute atomic E-state index is 6.18. The summed E-state index contributed by atoms with van der Waals surface area (Å²) in [5, 5.41) is 3.74. The SMILES string of the molecule is CCNC(CC1CCCO1)C1CCOC2(CCSC2)C1. The van der Waals surface area contributed by atoms with Crippen molar-refractivity contribution >= 4 is 11.8 Å². The van der Waals surface area contributed by atoms with Crippen LogP contribution in [0.2, 0.25) is 0 Å². The summed E-state index contributed by atoms with van der Waals surface area (Å²) in [6.07, 6.45) is 7.93. The van der Waals surface area contributed by atoms with Crippen LogP contribution in [0, 0.1) is 5.92 Å². The van der Waals surface area contributed by atoms with Crippen molar-refractivity contribution in [3.05, 3.63) is 0 Å². The Balaban J connectivity index is 1.60. The summed E-state index contributed by atoms with van der Waals surface area (Å²) in [7, 11) is 0. The van der Waals surface area contributed by atoms with Crippen LogP contribution in [0.15, 0.2) is 0 Å². The summed E-state index contributed by atoms with van der Waals surface area (Å²) in [4.78, 5) is 0. The van der Waals surface area contributed by atoms with Crippen LogP contribution in [0.25, 0.3) is 0 Å². The predicted octanol–water partition coefficient (Wildman–Crippen LogP) is 2.84. The van der Waals surface area contributed by atoms with Gasteiger partial charge in [-0.3, -0.25) is 0 Å². The Bertz CT molecular complexity index is 299. The average molecular weight is 299 g/mol. The van der Waals surface area contributed by atoms with Gasteiger partial charge in [-0.25, -0.2) is 0 Å². The molecule has 20 heavy (non-hydrogen) atoms. The highest BCUT2D eigenvalue weighted by Crippen LogP contribution is 2.42. The van der Waals surface area contributed by atoms with Crippen molar-refractivity contribution in [2.24, 2.45) is 5.92 Å². The molecule has 4 heteroatoms. The average Bonchev–Trinajstić information content (AvgIpc) is 3.11. The van der Waals surface area contributed by atoms with Gasteiger partial charge < -0.3 is 14.8 Å². The quantitative estimate of drug-likeness (QED) is 0.845. The second-order valence-electron chi connectivity index (χ2n) is 6.62. The van der Waals surface area contributed by atoms with Gasteiger partial charge in [-0.2, -0.15) is 11.8 Å². The third-order valence-corrected chi connectivity index (χ3v) is 6.40. The van der Waals surface area contributed by atoms with Crippen LogP contribution < -0.4 is 5.32 Å². The highest BCUT2D eigenvalue weighted by Gasteiger charge is 2.42. The van der Waals surface area contributed by atoms with Gasteiger partial charge in [0.2, 0.25) is 0 Å². The molecule has 3 aliphatic heterocycles. The molecule has 3 nitrogen and oxygen atoms in total. The molecule has 0 bridgehead atoms. The molecule has 116 valence electrons. The van der Waals surface area contributed by atoms with E-state index in [0.29, 0.717) is 12.1 Å². The lowest BCUT2D eigenvalue weighted by Crippen LogP contribution is -2.48. The van der Waals surface area contributed by atoms with Gasteiger partial charge in [0.15, 0.2) is 0 Å². The van der Waals surface area contributed by atoms with Gasteiger partial charge in [0, 0.05) is 25.0 Å². The predicted molar refractivity (Wildman–Crippen MR) is 84.4 cm³/mol. The molecular formula is C16H29NO2S. The molecule has 3 aliphatic rings. The number of thioether (sulfide) groups is 1. The van der Waals surface area contributed by atoms with Gasteiger partial charge in [-0.15, -0.1) is 0 Å². The lowest BCUT2D eigenvalue weighted by Gasteiger charge is -2.41. The van der Waals surface area contributed by atoms with Crippen LogP contribution in [0.3, 0.4) is 0 Å². The van der Waals surface area contributed by atoms with Crippen molar-refractivity contribution in [3.63, 3.8) is 0 Å². The molecule has 1 spiro atoms. The number of hydrogen-bond acceptors (Lipinski definition) is 4. The Morgan fingerprint density at radius 3 is 3.00 bits per heavy atom. The van der Waals surface area contributed by atoms with E-state index in [1.54, 1.807) is 0 Å². The first-order valence-electron chi connectivity index (χ1n) is 8.38. The van der Waals surface area contributed by atoms with Gasteiger partial charge in [-0.1, -0.05) is 6.92 Å². The second kappa shape index (κ2) is 6.99. The first-order valence-corrected chi connectivity index (χ1v) is 9.53. The Kier molecular flexibility index (Phi) is 5.29. The first-order chi connectivity index (χ1) is 9.81. The van der Waals surface area contributed by atoms with Crippen molar-refractivity contribution < 1.29 is 9.47 Å². The number of ether oxygens (including phenoxy) is 2. The molecule has 3 heterocycles. The lowest BCUT2D eigenvalue weighted by molar-refractivity contribution is -0.0874. The Hall–Kier alpha value is 0.230. The van der Waals surface area contributed by atoms with Crippen LogP contribution >= 0.6 is 11.8 Å². The molecule has 0 aromatic carbocycles. The van der Waals surface area contributed by atoms with Crippen LogP contribution in [0.4, 0.5) is 0 Å². The third-order valence-electron chi connectivity index (χ3n) is 5.17. The summed E-state index contributed by atoms with van der Waals surface area (Å²) in [6.45, 7) is 5.22. The Morgan fingerprint density at radius 1 is 1.35 bits per heavy atom. The highest BCUT2D eigenvalue weighted by atomic mass is 32.2. The minimum atomic E-state index is 0.206. The van der Waals surface area contributed by atoms with E-state index in [1.165, 1.54) is 50.0 Å². The first kappa shape index (κ1) is 15.1. The molecule has 4 unspecified atom stereocenters. The van der Waals surface area contributed by atoms with Gasteiger partial charge in [0.05, 0.1) is 11.7 Å². The zero-order valence-electron chi connectivity index (χ0n) is 12.7. The van der Waals surface area contributed by atoms with Gasteiger partial charge in [0.25, 0.3) is 0 Å². The summed E-state index contributed by atoms with van der Waals surface area (Å²) in [5.41, 5.74) is 0.206. The summed E-state index contributed by atoms with van der Waals surface area (Å²) in [5.74, 6) is 3.26. The highest BCUT2D eigenvalue weighted by molar-refractivity contribution is 7.99. The van der Waals surface area contributed by atoms with Crippen molar-refractivity contribution in [1.29, 1.82) is 0 Å². The van der Waals surface area contributed by atoms with Crippen molar-refractivity contribution in [1.82, 2.24) is 5.32 Å². The summed E-state index contributed by atoms with van der Waals surface area (Å²) in [6, 6.07) is 0.620. The van der Waals surface area contributed by atoms with Crippen molar-refractivity contribution in [3.8, 4) is 0 Å². The van der Waals surface area contributed by atoms with E-state index in [0.717, 1.165) is 25.7 Å². The minimum Gasteiger partial charge on any atom is -0.378 e. The molecular weight excluding hydrogens is 270 g/mol. The fourth-order valence-corrected chi connectivity index (χ4v) is 5.47. The largest absolute Gasteiger partial charge is 0.378 e. The van der Waals surface area contributed by atoms with E-state index in [-0.39, 0.29) is 5.60 Å². The summed E-state index contributed by atoms with van der Waals surface area (Å²) >= 11 is 2.07. The van der Waals surface area contributed by atoms with E-state index in [2.05, 4.69) is 24.0 Å². The molecule has 3 saturated heterocycles. The number of rotatable bonds is 5. The fraction of sp³-hybridized carbons (Fsp3) is 1.00. The molecule has 3 rings (SSSR count). The van der Waals surface area contributed by atoms with E-state index in [9.17, 15) is 0 Å². The third kappa shape index (κ3) is 3.52. The monoisotopic (exact) mass is 299 g/mol. The van der Waals surface area contributed by atoms with E-state index in [1.807, 2.05) is 0 Å². The number of nitrogens with one attached hydrogen (secondary N) is 1. The zero-order valence-corrected chi connectivity index (χ0v) is 13.6. The van der Waals surface area contributed by atoms with Crippen LogP contribution in [0.1, 0.15) is 45.4 Å². The van der Waals surface area contributed by atoms with Gasteiger partial charge in [0.1, 0.15) is 0 Å². The van der Waals surface area contributed by atoms with E-state index < -0.39 is 0 Å². The van der Waals surface area contributed by atoms with Gasteiger partial charge >= 0.3 is 0 Å². The molecule has 0 aliphatic carbocycles. The van der Waals surface area contributed by atoms with Crippen LogP contribution in [-0.2, 0) is 9.47 Å². The van der Waals surface area contributed by atoms with Crippen molar-refractivity contribution in [2.45, 2.75) is 63.2 Å². The lowest BCUT2D eigenvalue weighted by atomic mass is 9.79. The van der Waals surface area contributed by atoms with Gasteiger partial charge in [-0.05, 0) is 56.7 Å². The topological polar surface area (TPSA) is 30.5 Å². The molecule has 0 aromatic rings. The molecule has 1 N–H and O–H groups in total. The smallest absolute Gasteiger partial charge is 0.0783 e. The van der Waals surface area contributed by atoms with E-state index >= 15 is 0 Å². The normalized spacial score (nSPS) is 39.5. The molecule has 3 fully saturated rings. The maximum atomic E-state index is 6.18. The molecule has 4 atom stereocenters. The Morgan fingerprint density at radius 2 is 2.30 bits per heavy atom. The second-order valence-corrected chi connectivity index (χ2v) is 7.73. The molecule has 0 saturated carbocycles. The van der Waals surface area contributed by atoms with E-state index in [4.69, 9.17) is 9.47 Å². The van der Waals surface area contributed by atoms with Crippen LogP contribution in [0.5, 0.6) is 0 Å². The Labute approximate surface area is 127 Å². The maximum Gasteiger partial charge on any atom is 0.0783 e. The standard InChI is InChI=1S/C16H29NO2S/c1-2-17-15(10-14-4-3-7-18-14)13-5-8-19-16(11-13)6-9-20-12-16/h13-15,17H,2-12H2,1H3. The number of hydrogen-bond donors (Lipinski definition) is 1. The fourth-order valence-electron chi connectivity index (χ4n) is 4.09. The zero-order chi connectivity index (χ0) is 13.8. The minimum absolute atomic E-state index is 0.206. The molecule has 0 radical (unpaired) electrons. The van der Waals surface area contributed by atoms with Crippen molar-refractivity contribution in [2.75, 3.05) is 31.3 Å². The van der Waals surface area contributed by atoms with Crippen LogP contribution in [-0.4, -0.2) is 49.0 Å². The molecule has 0 amide bonds. The molecule has 0 aromatic heterocycles. The summed E-state index contributed by atoms with van der Waals surface area (Å²) < 4.78 is 12.0.